The molecule has 0 amide bonds. The zero-order chi connectivity index (χ0) is 13.8. The summed E-state index contributed by atoms with van der Waals surface area (Å²) < 4.78 is 0.834. The van der Waals surface area contributed by atoms with Crippen molar-refractivity contribution in [3.8, 4) is 6.07 Å². The Kier molecular flexibility index (Phi) is 5.18. The number of anilines is 1. The van der Waals surface area contributed by atoms with E-state index in [0.717, 1.165) is 23.2 Å². The molecule has 1 aromatic carbocycles. The molecule has 1 rings (SSSR count). The first kappa shape index (κ1) is 15.0. The van der Waals surface area contributed by atoms with E-state index >= 15 is 0 Å². The van der Waals surface area contributed by atoms with Crippen LogP contribution in [0.4, 0.5) is 5.69 Å². The first-order valence-electron chi connectivity index (χ1n) is 5.92. The summed E-state index contributed by atoms with van der Waals surface area (Å²) in [6.07, 6.45) is 0. The zero-order valence-electron chi connectivity index (χ0n) is 11.4. The van der Waals surface area contributed by atoms with E-state index in [-0.39, 0.29) is 5.41 Å². The molecule has 1 aromatic rings. The first-order chi connectivity index (χ1) is 8.34. The highest BCUT2D eigenvalue weighted by Crippen LogP contribution is 2.23. The smallest absolute Gasteiger partial charge is 0.100 e. The molecule has 1 N–H and O–H groups in total. The number of hydrogen-bond acceptors (Lipinski definition) is 3. The van der Waals surface area contributed by atoms with E-state index in [9.17, 15) is 0 Å². The Hall–Kier alpha value is -1.05. The standard InChI is InChI=1S/C14H20BrN3/c1-14(2,10-18(3)4)9-17-12-6-5-11(8-16)13(15)7-12/h5-7,17H,9-10H2,1-4H3. The average molecular weight is 310 g/mol. The molecule has 0 aliphatic rings. The quantitative estimate of drug-likeness (QED) is 0.907. The summed E-state index contributed by atoms with van der Waals surface area (Å²) in [6.45, 7) is 6.39. The third-order valence-corrected chi connectivity index (χ3v) is 3.26. The fourth-order valence-corrected chi connectivity index (χ4v) is 2.44. The lowest BCUT2D eigenvalue weighted by atomic mass is 9.93. The van der Waals surface area contributed by atoms with Gasteiger partial charge in [-0.1, -0.05) is 13.8 Å². The molecule has 3 nitrogen and oxygen atoms in total. The van der Waals surface area contributed by atoms with E-state index in [2.05, 4.69) is 60.2 Å². The highest BCUT2D eigenvalue weighted by Gasteiger charge is 2.18. The highest BCUT2D eigenvalue weighted by molar-refractivity contribution is 9.10. The molecule has 0 radical (unpaired) electrons. The summed E-state index contributed by atoms with van der Waals surface area (Å²) >= 11 is 3.40. The summed E-state index contributed by atoms with van der Waals surface area (Å²) in [5.74, 6) is 0. The maximum Gasteiger partial charge on any atom is 0.100 e. The number of rotatable bonds is 5. The van der Waals surface area contributed by atoms with Crippen molar-refractivity contribution in [3.63, 3.8) is 0 Å². The Bertz CT molecular complexity index is 447. The van der Waals surface area contributed by atoms with E-state index in [1.165, 1.54) is 0 Å². The van der Waals surface area contributed by atoms with Gasteiger partial charge in [0.05, 0.1) is 5.56 Å². The van der Waals surface area contributed by atoms with E-state index in [0.29, 0.717) is 5.56 Å². The third-order valence-electron chi connectivity index (χ3n) is 2.60. The van der Waals surface area contributed by atoms with E-state index < -0.39 is 0 Å². The van der Waals surface area contributed by atoms with Crippen molar-refractivity contribution in [2.24, 2.45) is 5.41 Å². The minimum atomic E-state index is 0.198. The molecular formula is C14H20BrN3. The van der Waals surface area contributed by atoms with Crippen molar-refractivity contribution >= 4 is 21.6 Å². The molecule has 0 saturated carbocycles. The predicted octanol–water partition coefficient (Wildman–Crippen LogP) is 3.32. The van der Waals surface area contributed by atoms with Crippen LogP contribution in [0.25, 0.3) is 0 Å². The van der Waals surface area contributed by atoms with Gasteiger partial charge in [-0.15, -0.1) is 0 Å². The number of nitriles is 1. The Morgan fingerprint density at radius 2 is 2.06 bits per heavy atom. The molecule has 0 aromatic heterocycles. The second kappa shape index (κ2) is 6.21. The molecule has 18 heavy (non-hydrogen) atoms. The van der Waals surface area contributed by atoms with Crippen LogP contribution in [0.3, 0.4) is 0 Å². The van der Waals surface area contributed by atoms with E-state index in [4.69, 9.17) is 5.26 Å². The summed E-state index contributed by atoms with van der Waals surface area (Å²) in [4.78, 5) is 2.19. The molecule has 0 aliphatic carbocycles. The molecule has 0 saturated heterocycles. The third kappa shape index (κ3) is 4.67. The predicted molar refractivity (Wildman–Crippen MR) is 79.7 cm³/mol. The van der Waals surface area contributed by atoms with Crippen LogP contribution >= 0.6 is 15.9 Å². The van der Waals surface area contributed by atoms with Crippen molar-refractivity contribution in [2.45, 2.75) is 13.8 Å². The molecular weight excluding hydrogens is 290 g/mol. The zero-order valence-corrected chi connectivity index (χ0v) is 13.0. The summed E-state index contributed by atoms with van der Waals surface area (Å²) in [5, 5.41) is 12.3. The van der Waals surface area contributed by atoms with Crippen LogP contribution in [0.1, 0.15) is 19.4 Å². The summed E-state index contributed by atoms with van der Waals surface area (Å²) in [6, 6.07) is 7.85. The van der Waals surface area contributed by atoms with E-state index in [1.54, 1.807) is 0 Å². The molecule has 98 valence electrons. The van der Waals surface area contributed by atoms with Crippen molar-refractivity contribution in [1.29, 1.82) is 5.26 Å². The largest absolute Gasteiger partial charge is 0.384 e. The van der Waals surface area contributed by atoms with Gasteiger partial charge in [-0.25, -0.2) is 0 Å². The summed E-state index contributed by atoms with van der Waals surface area (Å²) in [5.41, 5.74) is 1.89. The van der Waals surface area contributed by atoms with Crippen LogP contribution in [0, 0.1) is 16.7 Å². The Balaban J connectivity index is 2.64. The van der Waals surface area contributed by atoms with Gasteiger partial charge in [-0.2, -0.15) is 5.26 Å². The minimum Gasteiger partial charge on any atom is -0.384 e. The van der Waals surface area contributed by atoms with Crippen LogP contribution in [-0.2, 0) is 0 Å². The fraction of sp³-hybridized carbons (Fsp3) is 0.500. The second-order valence-electron chi connectivity index (χ2n) is 5.56. The maximum atomic E-state index is 8.86. The minimum absolute atomic E-state index is 0.198. The average Bonchev–Trinajstić information content (AvgIpc) is 2.25. The molecule has 0 aliphatic heterocycles. The topological polar surface area (TPSA) is 39.1 Å². The number of nitrogens with one attached hydrogen (secondary N) is 1. The highest BCUT2D eigenvalue weighted by atomic mass is 79.9. The van der Waals surface area contributed by atoms with Gasteiger partial charge in [0.1, 0.15) is 6.07 Å². The molecule has 0 fully saturated rings. The molecule has 0 bridgehead atoms. The van der Waals surface area contributed by atoms with Crippen LogP contribution in [0.5, 0.6) is 0 Å². The first-order valence-corrected chi connectivity index (χ1v) is 6.71. The lowest BCUT2D eigenvalue weighted by Crippen LogP contribution is -2.34. The summed E-state index contributed by atoms with van der Waals surface area (Å²) in [7, 11) is 4.17. The molecule has 0 unspecified atom stereocenters. The normalized spacial score (nSPS) is 11.4. The Labute approximate surface area is 118 Å². The monoisotopic (exact) mass is 309 g/mol. The Morgan fingerprint density at radius 3 is 2.56 bits per heavy atom. The lowest BCUT2D eigenvalue weighted by molar-refractivity contribution is 0.254. The number of nitrogens with zero attached hydrogens (tertiary/aromatic N) is 2. The molecule has 0 spiro atoms. The van der Waals surface area contributed by atoms with Crippen LogP contribution in [0.2, 0.25) is 0 Å². The number of halogens is 1. The van der Waals surface area contributed by atoms with Gasteiger partial charge < -0.3 is 10.2 Å². The lowest BCUT2D eigenvalue weighted by Gasteiger charge is -2.29. The van der Waals surface area contributed by atoms with Gasteiger partial charge in [-0.05, 0) is 53.6 Å². The fourth-order valence-electron chi connectivity index (χ4n) is 1.97. The van der Waals surface area contributed by atoms with Crippen LogP contribution in [-0.4, -0.2) is 32.1 Å². The van der Waals surface area contributed by atoms with Crippen LogP contribution in [0.15, 0.2) is 22.7 Å². The van der Waals surface area contributed by atoms with Crippen LogP contribution < -0.4 is 5.32 Å². The molecule has 4 heteroatoms. The van der Waals surface area contributed by atoms with Crippen molar-refractivity contribution in [1.82, 2.24) is 4.90 Å². The SMILES string of the molecule is CN(C)CC(C)(C)CNc1ccc(C#N)c(Br)c1. The van der Waals surface area contributed by atoms with Gasteiger partial charge in [0.2, 0.25) is 0 Å². The van der Waals surface area contributed by atoms with Gasteiger partial charge in [0, 0.05) is 23.2 Å². The number of benzene rings is 1. The van der Waals surface area contributed by atoms with Gasteiger partial charge in [0.25, 0.3) is 0 Å². The number of hydrogen-bond donors (Lipinski definition) is 1. The maximum absolute atomic E-state index is 8.86. The second-order valence-corrected chi connectivity index (χ2v) is 6.42. The van der Waals surface area contributed by atoms with Gasteiger partial charge in [0.15, 0.2) is 0 Å². The van der Waals surface area contributed by atoms with Crippen molar-refractivity contribution in [2.75, 3.05) is 32.5 Å². The van der Waals surface area contributed by atoms with E-state index in [1.807, 2.05) is 18.2 Å². The van der Waals surface area contributed by atoms with Gasteiger partial charge >= 0.3 is 0 Å². The Morgan fingerprint density at radius 1 is 1.39 bits per heavy atom. The van der Waals surface area contributed by atoms with Gasteiger partial charge in [-0.3, -0.25) is 0 Å². The molecule has 0 atom stereocenters. The molecule has 0 heterocycles. The van der Waals surface area contributed by atoms with Crippen molar-refractivity contribution in [3.05, 3.63) is 28.2 Å². The van der Waals surface area contributed by atoms with Crippen molar-refractivity contribution < 1.29 is 0 Å².